The maximum atomic E-state index is 9.72. The van der Waals surface area contributed by atoms with E-state index in [1.165, 1.54) is 0 Å². The van der Waals surface area contributed by atoms with Gasteiger partial charge in [0.2, 0.25) is 0 Å². The summed E-state index contributed by atoms with van der Waals surface area (Å²) in [6.07, 6.45) is 5.12. The molecule has 1 aliphatic heterocycles. The zero-order valence-electron chi connectivity index (χ0n) is 7.72. The Hall–Kier alpha value is -1.09. The topological polar surface area (TPSA) is 36.4 Å². The van der Waals surface area contributed by atoms with Crippen LogP contribution in [0.1, 0.15) is 19.8 Å². The number of aliphatic hydroxyl groups excluding tert-OH is 1. The summed E-state index contributed by atoms with van der Waals surface area (Å²) >= 11 is 0. The van der Waals surface area contributed by atoms with Gasteiger partial charge in [-0.2, -0.15) is 0 Å². The van der Waals surface area contributed by atoms with Crippen LogP contribution in [0.2, 0.25) is 0 Å². The average Bonchev–Trinajstić information content (AvgIpc) is 2.48. The first-order valence-electron chi connectivity index (χ1n) is 4.65. The van der Waals surface area contributed by atoms with Crippen molar-refractivity contribution in [3.63, 3.8) is 0 Å². The van der Waals surface area contributed by atoms with Crippen molar-refractivity contribution < 1.29 is 5.11 Å². The summed E-state index contributed by atoms with van der Waals surface area (Å²) in [6.45, 7) is 2.14. The molecule has 3 heteroatoms. The highest BCUT2D eigenvalue weighted by atomic mass is 16.3. The standard InChI is InChI=1S/C10H14N2O/c1-8-2-3-10(13)12(8)9-4-6-11-7-5-9/h4-8,10,13H,2-3H2,1H3. The summed E-state index contributed by atoms with van der Waals surface area (Å²) in [5, 5.41) is 9.72. The summed E-state index contributed by atoms with van der Waals surface area (Å²) in [5.74, 6) is 0. The van der Waals surface area contributed by atoms with Gasteiger partial charge in [0, 0.05) is 24.1 Å². The number of anilines is 1. The monoisotopic (exact) mass is 178 g/mol. The molecule has 0 radical (unpaired) electrons. The Labute approximate surface area is 78.0 Å². The van der Waals surface area contributed by atoms with Crippen LogP contribution in [0.15, 0.2) is 24.5 Å². The van der Waals surface area contributed by atoms with Crippen molar-refractivity contribution in [3.05, 3.63) is 24.5 Å². The number of rotatable bonds is 1. The molecule has 1 aliphatic rings. The molecule has 0 saturated carbocycles. The molecule has 3 nitrogen and oxygen atoms in total. The Kier molecular flexibility index (Phi) is 2.19. The van der Waals surface area contributed by atoms with Gasteiger partial charge < -0.3 is 10.0 Å². The molecule has 0 aliphatic carbocycles. The first-order valence-corrected chi connectivity index (χ1v) is 4.65. The zero-order valence-corrected chi connectivity index (χ0v) is 7.72. The van der Waals surface area contributed by atoms with Gasteiger partial charge in [0.05, 0.1) is 0 Å². The molecule has 1 aromatic heterocycles. The molecule has 13 heavy (non-hydrogen) atoms. The molecule has 2 rings (SSSR count). The zero-order chi connectivity index (χ0) is 9.26. The van der Waals surface area contributed by atoms with Crippen LogP contribution in [0.4, 0.5) is 5.69 Å². The van der Waals surface area contributed by atoms with Gasteiger partial charge in [-0.05, 0) is 31.9 Å². The molecular formula is C10H14N2O. The highest BCUT2D eigenvalue weighted by Crippen LogP contribution is 2.28. The van der Waals surface area contributed by atoms with Gasteiger partial charge in [0.1, 0.15) is 6.23 Å². The Morgan fingerprint density at radius 1 is 1.38 bits per heavy atom. The van der Waals surface area contributed by atoms with Crippen LogP contribution in [0.25, 0.3) is 0 Å². The second kappa shape index (κ2) is 3.34. The van der Waals surface area contributed by atoms with E-state index < -0.39 is 0 Å². The van der Waals surface area contributed by atoms with Crippen molar-refractivity contribution in [2.24, 2.45) is 0 Å². The van der Waals surface area contributed by atoms with E-state index in [1.807, 2.05) is 17.0 Å². The number of hydrogen-bond donors (Lipinski definition) is 1. The third-order valence-corrected chi connectivity index (χ3v) is 2.60. The fraction of sp³-hybridized carbons (Fsp3) is 0.500. The first kappa shape index (κ1) is 8.51. The van der Waals surface area contributed by atoms with Crippen molar-refractivity contribution >= 4 is 5.69 Å². The normalized spacial score (nSPS) is 28.0. The first-order chi connectivity index (χ1) is 6.29. The molecule has 1 fully saturated rings. The smallest absolute Gasteiger partial charge is 0.127 e. The predicted octanol–water partition coefficient (Wildman–Crippen LogP) is 1.39. The van der Waals surface area contributed by atoms with Crippen LogP contribution >= 0.6 is 0 Å². The molecular weight excluding hydrogens is 164 g/mol. The van der Waals surface area contributed by atoms with Gasteiger partial charge in [-0.15, -0.1) is 0 Å². The van der Waals surface area contributed by atoms with Gasteiger partial charge in [0.25, 0.3) is 0 Å². The molecule has 2 heterocycles. The van der Waals surface area contributed by atoms with Crippen LogP contribution in [-0.4, -0.2) is 22.4 Å². The van der Waals surface area contributed by atoms with E-state index in [0.717, 1.165) is 18.5 Å². The van der Waals surface area contributed by atoms with Crippen molar-refractivity contribution in [1.29, 1.82) is 0 Å². The highest BCUT2D eigenvalue weighted by molar-refractivity contribution is 5.47. The summed E-state index contributed by atoms with van der Waals surface area (Å²) in [7, 11) is 0. The summed E-state index contributed by atoms with van der Waals surface area (Å²) in [5.41, 5.74) is 1.06. The Balaban J connectivity index is 2.25. The van der Waals surface area contributed by atoms with Crippen molar-refractivity contribution in [1.82, 2.24) is 4.98 Å². The summed E-state index contributed by atoms with van der Waals surface area (Å²) < 4.78 is 0. The Bertz CT molecular complexity index is 266. The lowest BCUT2D eigenvalue weighted by atomic mass is 10.2. The lowest BCUT2D eigenvalue weighted by molar-refractivity contribution is 0.183. The number of aliphatic hydroxyl groups is 1. The van der Waals surface area contributed by atoms with Crippen molar-refractivity contribution in [2.45, 2.75) is 32.0 Å². The number of hydrogen-bond acceptors (Lipinski definition) is 3. The molecule has 0 spiro atoms. The van der Waals surface area contributed by atoms with Crippen LogP contribution in [-0.2, 0) is 0 Å². The second-order valence-electron chi connectivity index (χ2n) is 3.52. The third kappa shape index (κ3) is 1.52. The molecule has 2 unspecified atom stereocenters. The van der Waals surface area contributed by atoms with Gasteiger partial charge in [-0.3, -0.25) is 4.98 Å². The minimum Gasteiger partial charge on any atom is -0.374 e. The molecule has 2 atom stereocenters. The Morgan fingerprint density at radius 2 is 2.08 bits per heavy atom. The number of aromatic nitrogens is 1. The number of nitrogens with zero attached hydrogens (tertiary/aromatic N) is 2. The molecule has 1 N–H and O–H groups in total. The maximum absolute atomic E-state index is 9.72. The molecule has 1 saturated heterocycles. The summed E-state index contributed by atoms with van der Waals surface area (Å²) in [6, 6.07) is 4.30. The predicted molar refractivity (Wildman–Crippen MR) is 51.4 cm³/mol. The van der Waals surface area contributed by atoms with Crippen molar-refractivity contribution in [2.75, 3.05) is 4.90 Å². The van der Waals surface area contributed by atoms with E-state index in [4.69, 9.17) is 0 Å². The Morgan fingerprint density at radius 3 is 2.62 bits per heavy atom. The minimum atomic E-state index is -0.322. The lowest BCUT2D eigenvalue weighted by Crippen LogP contribution is -2.34. The molecule has 0 amide bonds. The quantitative estimate of drug-likeness (QED) is 0.706. The van der Waals surface area contributed by atoms with Crippen LogP contribution in [0, 0.1) is 0 Å². The van der Waals surface area contributed by atoms with E-state index in [0.29, 0.717) is 6.04 Å². The van der Waals surface area contributed by atoms with Gasteiger partial charge >= 0.3 is 0 Å². The van der Waals surface area contributed by atoms with E-state index in [1.54, 1.807) is 12.4 Å². The largest absolute Gasteiger partial charge is 0.374 e. The van der Waals surface area contributed by atoms with E-state index in [-0.39, 0.29) is 6.23 Å². The second-order valence-corrected chi connectivity index (χ2v) is 3.52. The average molecular weight is 178 g/mol. The third-order valence-electron chi connectivity index (χ3n) is 2.60. The van der Waals surface area contributed by atoms with E-state index >= 15 is 0 Å². The molecule has 1 aromatic rings. The van der Waals surface area contributed by atoms with Gasteiger partial charge in [0.15, 0.2) is 0 Å². The van der Waals surface area contributed by atoms with E-state index in [2.05, 4.69) is 11.9 Å². The summed E-state index contributed by atoms with van der Waals surface area (Å²) in [4.78, 5) is 6.00. The van der Waals surface area contributed by atoms with Crippen LogP contribution in [0.3, 0.4) is 0 Å². The van der Waals surface area contributed by atoms with Gasteiger partial charge in [-0.1, -0.05) is 0 Å². The SMILES string of the molecule is CC1CCC(O)N1c1ccncc1. The van der Waals surface area contributed by atoms with Crippen LogP contribution in [0.5, 0.6) is 0 Å². The minimum absolute atomic E-state index is 0.322. The maximum Gasteiger partial charge on any atom is 0.127 e. The molecule has 70 valence electrons. The van der Waals surface area contributed by atoms with Crippen molar-refractivity contribution in [3.8, 4) is 0 Å². The van der Waals surface area contributed by atoms with Gasteiger partial charge in [-0.25, -0.2) is 0 Å². The number of pyridine rings is 1. The fourth-order valence-corrected chi connectivity index (χ4v) is 1.90. The van der Waals surface area contributed by atoms with Crippen LogP contribution < -0.4 is 4.90 Å². The molecule has 0 aromatic carbocycles. The highest BCUT2D eigenvalue weighted by Gasteiger charge is 2.28. The lowest BCUT2D eigenvalue weighted by Gasteiger charge is -2.27. The van der Waals surface area contributed by atoms with E-state index in [9.17, 15) is 5.11 Å². The molecule has 0 bridgehead atoms. The fourth-order valence-electron chi connectivity index (χ4n) is 1.90.